The van der Waals surface area contributed by atoms with Gasteiger partial charge in [-0.15, -0.1) is 0 Å². The van der Waals surface area contributed by atoms with Crippen LogP contribution in [0.1, 0.15) is 44.7 Å². The lowest BCUT2D eigenvalue weighted by atomic mass is 9.76. The zero-order chi connectivity index (χ0) is 15.5. The normalized spacial score (nSPS) is 20.0. The average Bonchev–Trinajstić information content (AvgIpc) is 2.54. The molecule has 1 aliphatic heterocycles. The summed E-state index contributed by atoms with van der Waals surface area (Å²) in [6, 6.07) is 8.39. The van der Waals surface area contributed by atoms with Crippen LogP contribution in [-0.2, 0) is 4.79 Å². The second-order valence-corrected chi connectivity index (χ2v) is 5.93. The maximum Gasteiger partial charge on any atom is 0.309 e. The van der Waals surface area contributed by atoms with Gasteiger partial charge in [0.1, 0.15) is 5.75 Å². The van der Waals surface area contributed by atoms with Crippen molar-refractivity contribution in [2.24, 2.45) is 5.41 Å². The smallest absolute Gasteiger partial charge is 0.309 e. The Hall–Kier alpha value is -1.55. The van der Waals surface area contributed by atoms with Crippen LogP contribution < -0.4 is 4.74 Å². The summed E-state index contributed by atoms with van der Waals surface area (Å²) in [6.07, 6.45) is 2.17. The minimum absolute atomic E-state index is 0.281. The fourth-order valence-electron chi connectivity index (χ4n) is 3.17. The van der Waals surface area contributed by atoms with Gasteiger partial charge in [-0.1, -0.05) is 19.1 Å². The Balaban J connectivity index is 2.06. The summed E-state index contributed by atoms with van der Waals surface area (Å²) in [7, 11) is 1.67. The van der Waals surface area contributed by atoms with Crippen LogP contribution in [0.3, 0.4) is 0 Å². The lowest BCUT2D eigenvalue weighted by molar-refractivity contribution is -0.152. The van der Waals surface area contributed by atoms with Crippen molar-refractivity contribution in [2.75, 3.05) is 20.2 Å². The molecule has 0 aliphatic carbocycles. The maximum atomic E-state index is 11.5. The fourth-order valence-corrected chi connectivity index (χ4v) is 3.17. The molecule has 1 N–H and O–H groups in total. The molecule has 1 heterocycles. The molecule has 1 saturated heterocycles. The number of aliphatic carboxylic acids is 1. The summed E-state index contributed by atoms with van der Waals surface area (Å²) in [5.74, 6) is 0.225. The van der Waals surface area contributed by atoms with Crippen molar-refractivity contribution < 1.29 is 14.6 Å². The zero-order valence-electron chi connectivity index (χ0n) is 13.1. The fraction of sp³-hybridized carbons (Fsp3) is 0.588. The van der Waals surface area contributed by atoms with Gasteiger partial charge >= 0.3 is 5.97 Å². The van der Waals surface area contributed by atoms with Gasteiger partial charge < -0.3 is 9.84 Å². The number of ether oxygens (including phenoxy) is 1. The number of carboxylic acids is 1. The summed E-state index contributed by atoms with van der Waals surface area (Å²) >= 11 is 0. The van der Waals surface area contributed by atoms with Gasteiger partial charge in [-0.25, -0.2) is 0 Å². The standard InChI is InChI=1S/C17H25NO3/c1-4-17(16(19)20)8-10-18(11-9-17)13(2)14-6-5-7-15(12-14)21-3/h5-7,12-13H,4,8-11H2,1-3H3,(H,19,20). The van der Waals surface area contributed by atoms with E-state index in [2.05, 4.69) is 24.0 Å². The molecule has 1 fully saturated rings. The summed E-state index contributed by atoms with van der Waals surface area (Å²) in [4.78, 5) is 13.9. The monoisotopic (exact) mass is 291 g/mol. The van der Waals surface area contributed by atoms with E-state index in [1.54, 1.807) is 7.11 Å². The molecule has 1 aromatic carbocycles. The first-order valence-corrected chi connectivity index (χ1v) is 7.64. The highest BCUT2D eigenvalue weighted by molar-refractivity contribution is 5.74. The van der Waals surface area contributed by atoms with Crippen molar-refractivity contribution in [3.63, 3.8) is 0 Å². The topological polar surface area (TPSA) is 49.8 Å². The second-order valence-electron chi connectivity index (χ2n) is 5.93. The molecule has 0 aromatic heterocycles. The van der Waals surface area contributed by atoms with Crippen molar-refractivity contribution >= 4 is 5.97 Å². The Morgan fingerprint density at radius 2 is 2.10 bits per heavy atom. The third-order valence-electron chi connectivity index (χ3n) is 5.01. The van der Waals surface area contributed by atoms with E-state index in [1.807, 2.05) is 19.1 Å². The Morgan fingerprint density at radius 1 is 1.43 bits per heavy atom. The van der Waals surface area contributed by atoms with Crippen LogP contribution in [0.15, 0.2) is 24.3 Å². The first-order valence-electron chi connectivity index (χ1n) is 7.64. The molecular formula is C17H25NO3. The Kier molecular flexibility index (Phi) is 4.88. The third kappa shape index (κ3) is 3.21. The molecule has 21 heavy (non-hydrogen) atoms. The minimum atomic E-state index is -0.640. The van der Waals surface area contributed by atoms with Crippen molar-refractivity contribution in [2.45, 2.75) is 39.2 Å². The molecule has 4 heteroatoms. The van der Waals surface area contributed by atoms with E-state index in [1.165, 1.54) is 5.56 Å². The summed E-state index contributed by atoms with van der Waals surface area (Å²) in [6.45, 7) is 5.82. The first kappa shape index (κ1) is 15.8. The van der Waals surface area contributed by atoms with Gasteiger partial charge in [0.05, 0.1) is 12.5 Å². The van der Waals surface area contributed by atoms with Crippen molar-refractivity contribution in [1.82, 2.24) is 4.90 Å². The van der Waals surface area contributed by atoms with E-state index in [0.717, 1.165) is 31.7 Å². The van der Waals surface area contributed by atoms with Crippen molar-refractivity contribution in [1.29, 1.82) is 0 Å². The van der Waals surface area contributed by atoms with Crippen LogP contribution in [0.5, 0.6) is 5.75 Å². The van der Waals surface area contributed by atoms with Gasteiger partial charge in [-0.05, 0) is 57.0 Å². The highest BCUT2D eigenvalue weighted by Crippen LogP contribution is 2.38. The third-order valence-corrected chi connectivity index (χ3v) is 5.01. The van der Waals surface area contributed by atoms with E-state index in [4.69, 9.17) is 4.74 Å². The number of likely N-dealkylation sites (tertiary alicyclic amines) is 1. The lowest BCUT2D eigenvalue weighted by Gasteiger charge is -2.41. The molecule has 4 nitrogen and oxygen atoms in total. The molecule has 0 bridgehead atoms. The average molecular weight is 291 g/mol. The molecule has 1 unspecified atom stereocenters. The lowest BCUT2D eigenvalue weighted by Crippen LogP contribution is -2.44. The SMILES string of the molecule is CCC1(C(=O)O)CCN(C(C)c2cccc(OC)c2)CC1. The van der Waals surface area contributed by atoms with Crippen LogP contribution >= 0.6 is 0 Å². The number of carboxylic acid groups (broad SMARTS) is 1. The predicted molar refractivity (Wildman–Crippen MR) is 82.6 cm³/mol. The van der Waals surface area contributed by atoms with Crippen LogP contribution in [0, 0.1) is 5.41 Å². The second kappa shape index (κ2) is 6.48. The van der Waals surface area contributed by atoms with Crippen LogP contribution in [0.4, 0.5) is 0 Å². The van der Waals surface area contributed by atoms with Gasteiger partial charge in [0.25, 0.3) is 0 Å². The van der Waals surface area contributed by atoms with Gasteiger partial charge in [0, 0.05) is 6.04 Å². The van der Waals surface area contributed by atoms with E-state index in [9.17, 15) is 9.90 Å². The van der Waals surface area contributed by atoms with Gasteiger partial charge in [0.2, 0.25) is 0 Å². The molecule has 1 aliphatic rings. The number of carbonyl (C=O) groups is 1. The molecule has 1 atom stereocenters. The number of rotatable bonds is 5. The quantitative estimate of drug-likeness (QED) is 0.904. The van der Waals surface area contributed by atoms with Crippen molar-refractivity contribution in [3.8, 4) is 5.75 Å². The first-order chi connectivity index (χ1) is 10.0. The number of piperidine rings is 1. The van der Waals surface area contributed by atoms with Crippen molar-refractivity contribution in [3.05, 3.63) is 29.8 Å². The van der Waals surface area contributed by atoms with Gasteiger partial charge in [0.15, 0.2) is 0 Å². The highest BCUT2D eigenvalue weighted by atomic mass is 16.5. The molecule has 0 radical (unpaired) electrons. The summed E-state index contributed by atoms with van der Waals surface area (Å²) < 4.78 is 5.28. The molecule has 0 amide bonds. The number of methoxy groups -OCH3 is 1. The predicted octanol–water partition coefficient (Wildman–Crippen LogP) is 3.33. The minimum Gasteiger partial charge on any atom is -0.497 e. The van der Waals surface area contributed by atoms with E-state index in [0.29, 0.717) is 6.42 Å². The van der Waals surface area contributed by atoms with Crippen LogP contribution in [-0.4, -0.2) is 36.2 Å². The highest BCUT2D eigenvalue weighted by Gasteiger charge is 2.40. The molecule has 0 saturated carbocycles. The van der Waals surface area contributed by atoms with E-state index < -0.39 is 11.4 Å². The van der Waals surface area contributed by atoms with E-state index in [-0.39, 0.29) is 6.04 Å². The number of nitrogens with zero attached hydrogens (tertiary/aromatic N) is 1. The van der Waals surface area contributed by atoms with Crippen LogP contribution in [0.25, 0.3) is 0 Å². The number of benzene rings is 1. The Bertz CT molecular complexity index is 493. The number of hydrogen-bond donors (Lipinski definition) is 1. The summed E-state index contributed by atoms with van der Waals surface area (Å²) in [5.41, 5.74) is 0.693. The molecule has 2 rings (SSSR count). The molecular weight excluding hydrogens is 266 g/mol. The van der Waals surface area contributed by atoms with Gasteiger partial charge in [-0.3, -0.25) is 9.69 Å². The van der Waals surface area contributed by atoms with Gasteiger partial charge in [-0.2, -0.15) is 0 Å². The maximum absolute atomic E-state index is 11.5. The molecule has 116 valence electrons. The Morgan fingerprint density at radius 3 is 2.62 bits per heavy atom. The largest absolute Gasteiger partial charge is 0.497 e. The summed E-state index contributed by atoms with van der Waals surface area (Å²) in [5, 5.41) is 9.46. The molecule has 0 spiro atoms. The zero-order valence-corrected chi connectivity index (χ0v) is 13.1. The Labute approximate surface area is 126 Å². The molecule has 1 aromatic rings. The van der Waals surface area contributed by atoms with E-state index >= 15 is 0 Å². The number of hydrogen-bond acceptors (Lipinski definition) is 3. The van der Waals surface area contributed by atoms with Crippen LogP contribution in [0.2, 0.25) is 0 Å².